The van der Waals surface area contributed by atoms with Gasteiger partial charge >= 0.3 is 11.5 Å². The number of ketones is 1. The van der Waals surface area contributed by atoms with Crippen molar-refractivity contribution >= 4 is 23.4 Å². The number of hydrogen-bond acceptors (Lipinski definition) is 5. The van der Waals surface area contributed by atoms with Crippen LogP contribution in [0.2, 0.25) is 0 Å². The van der Waals surface area contributed by atoms with Gasteiger partial charge in [-0.15, -0.1) is 0 Å². The van der Waals surface area contributed by atoms with E-state index in [4.69, 9.17) is 13.9 Å². The number of carbonyl (C=O) groups is 1. The molecule has 5 aromatic rings. The van der Waals surface area contributed by atoms with Crippen molar-refractivity contribution in [1.29, 1.82) is 0 Å². The molecule has 1 aliphatic heterocycles. The summed E-state index contributed by atoms with van der Waals surface area (Å²) < 4.78 is 18.3. The van der Waals surface area contributed by atoms with Crippen molar-refractivity contribution in [1.82, 2.24) is 9.97 Å². The Morgan fingerprint density at radius 3 is 1.98 bits per heavy atom. The van der Waals surface area contributed by atoms with E-state index in [2.05, 4.69) is 9.97 Å². The smallest absolute Gasteiger partial charge is 0.379 e. The highest BCUT2D eigenvalue weighted by atomic mass is 16.5. The van der Waals surface area contributed by atoms with Crippen LogP contribution in [-0.2, 0) is 14.3 Å². The number of Topliss-reactive ketones (excluding diaryl/α,β-unsaturated/α-hetero) is 1. The van der Waals surface area contributed by atoms with Gasteiger partial charge in [-0.1, -0.05) is 60.7 Å². The lowest BCUT2D eigenvalue weighted by atomic mass is 9.85. The summed E-state index contributed by atoms with van der Waals surface area (Å²) in [5.74, 6) is 2.91. The van der Waals surface area contributed by atoms with Gasteiger partial charge < -0.3 is 9.47 Å². The maximum absolute atomic E-state index is 13.7. The average molecular weight is 588 g/mol. The minimum absolute atomic E-state index is 0.116. The lowest BCUT2D eigenvalue weighted by Gasteiger charge is -2.24. The molecule has 0 bridgehead atoms. The van der Waals surface area contributed by atoms with Crippen LogP contribution in [0, 0.1) is 0 Å². The van der Waals surface area contributed by atoms with Crippen LogP contribution in [0.1, 0.15) is 16.8 Å². The van der Waals surface area contributed by atoms with Crippen molar-refractivity contribution < 1.29 is 18.7 Å². The minimum atomic E-state index is -0.116. The summed E-state index contributed by atoms with van der Waals surface area (Å²) in [4.78, 5) is 22.6. The van der Waals surface area contributed by atoms with Crippen molar-refractivity contribution in [2.75, 3.05) is 7.11 Å². The van der Waals surface area contributed by atoms with Gasteiger partial charge in [0.1, 0.15) is 17.2 Å². The Morgan fingerprint density at radius 2 is 1.31 bits per heavy atom. The van der Waals surface area contributed by atoms with Crippen LogP contribution in [0.15, 0.2) is 167 Å². The molecule has 6 nitrogen and oxygen atoms in total. The minimum Gasteiger partial charge on any atom is -0.495 e. The fourth-order valence-corrected chi connectivity index (χ4v) is 5.22. The van der Waals surface area contributed by atoms with E-state index in [0.29, 0.717) is 51.3 Å². The summed E-state index contributed by atoms with van der Waals surface area (Å²) in [6, 6.07) is 34.8. The molecule has 2 aromatic carbocycles. The van der Waals surface area contributed by atoms with E-state index >= 15 is 0 Å². The molecule has 6 heteroatoms. The number of pyridine rings is 2. The van der Waals surface area contributed by atoms with E-state index in [0.717, 1.165) is 22.3 Å². The van der Waals surface area contributed by atoms with Crippen molar-refractivity contribution in [3.63, 3.8) is 0 Å². The first kappa shape index (κ1) is 27.7. The monoisotopic (exact) mass is 587 g/mol. The lowest BCUT2D eigenvalue weighted by Crippen LogP contribution is -2.22. The summed E-state index contributed by atoms with van der Waals surface area (Å²) in [7, 11) is 1.58. The number of rotatable bonds is 7. The van der Waals surface area contributed by atoms with Crippen LogP contribution in [0.5, 0.6) is 0 Å². The molecule has 7 rings (SSSR count). The second-order valence-electron chi connectivity index (χ2n) is 10.4. The second kappa shape index (κ2) is 12.2. The molecule has 1 aliphatic carbocycles. The highest BCUT2D eigenvalue weighted by molar-refractivity contribution is 6.23. The van der Waals surface area contributed by atoms with Gasteiger partial charge in [0.2, 0.25) is 5.78 Å². The van der Waals surface area contributed by atoms with Crippen molar-refractivity contribution in [3.8, 4) is 22.8 Å². The molecule has 4 heterocycles. The molecule has 2 aliphatic rings. The van der Waals surface area contributed by atoms with E-state index in [9.17, 15) is 4.79 Å². The molecule has 216 valence electrons. The molecule has 0 N–H and O–H groups in total. The number of aromatic nitrogens is 2. The first-order chi connectivity index (χ1) is 22.2. The number of benzene rings is 2. The zero-order valence-corrected chi connectivity index (χ0v) is 24.4. The Labute approximate surface area is 260 Å². The molecular formula is C39H27N2O4+. The topological polar surface area (TPSA) is 72.6 Å². The number of ether oxygens (including phenoxy) is 2. The maximum Gasteiger partial charge on any atom is 0.379 e. The highest BCUT2D eigenvalue weighted by Gasteiger charge is 2.34. The van der Waals surface area contributed by atoms with Gasteiger partial charge in [-0.25, -0.2) is 9.40 Å². The van der Waals surface area contributed by atoms with Crippen LogP contribution < -0.4 is 0 Å². The third-order valence-corrected chi connectivity index (χ3v) is 7.39. The summed E-state index contributed by atoms with van der Waals surface area (Å²) in [5, 5.41) is 0. The van der Waals surface area contributed by atoms with Gasteiger partial charge in [-0.3, -0.25) is 9.78 Å². The highest BCUT2D eigenvalue weighted by Crippen LogP contribution is 2.38. The third kappa shape index (κ3) is 5.77. The number of nitrogens with zero attached hydrogens (tertiary/aromatic N) is 2. The Bertz CT molecular complexity index is 1930. The predicted molar refractivity (Wildman–Crippen MR) is 175 cm³/mol. The molecule has 0 saturated heterocycles. The Kier molecular flexibility index (Phi) is 7.52. The molecule has 0 radical (unpaired) electrons. The standard InChI is InChI=1S/C39H27N2O4/c1-43-39-30(20-26-22-34(28-12-4-2-5-13-28)44-36(24-26)32-16-8-10-18-40-32)38(42)31(39)21-27-23-35(29-14-6-3-7-15-29)45-37(25-27)33-17-9-11-19-41-33/h2-25H,1H3/q+1. The number of carbonyl (C=O) groups excluding carboxylic acids is 1. The van der Waals surface area contributed by atoms with Gasteiger partial charge in [-0.2, -0.15) is 0 Å². The fourth-order valence-electron chi connectivity index (χ4n) is 5.22. The van der Waals surface area contributed by atoms with Crippen LogP contribution in [0.25, 0.3) is 40.4 Å². The van der Waals surface area contributed by atoms with Gasteiger partial charge in [0.25, 0.3) is 0 Å². The van der Waals surface area contributed by atoms with Gasteiger partial charge in [0.15, 0.2) is 11.5 Å². The van der Waals surface area contributed by atoms with Gasteiger partial charge in [0, 0.05) is 18.0 Å². The van der Waals surface area contributed by atoms with E-state index in [1.165, 1.54) is 0 Å². The molecule has 0 atom stereocenters. The Hall–Kier alpha value is -6.14. The van der Waals surface area contributed by atoms with Crippen LogP contribution in [-0.4, -0.2) is 22.9 Å². The molecule has 0 fully saturated rings. The summed E-state index contributed by atoms with van der Waals surface area (Å²) >= 11 is 0. The van der Waals surface area contributed by atoms with E-state index in [1.807, 2.05) is 133 Å². The SMILES string of the molecule is COC1=C(C=C2C=C(c3ccccc3)OC(c3ccccn3)=C2)C(=O)C1=Cc1cc(-c2ccccc2)[o+]c(-c2ccccn2)c1. The van der Waals surface area contributed by atoms with Crippen LogP contribution in [0.3, 0.4) is 0 Å². The average Bonchev–Trinajstić information content (AvgIpc) is 3.12. The maximum atomic E-state index is 13.7. The first-order valence-electron chi connectivity index (χ1n) is 14.5. The Balaban J connectivity index is 1.30. The molecule has 45 heavy (non-hydrogen) atoms. The largest absolute Gasteiger partial charge is 0.495 e. The first-order valence-corrected chi connectivity index (χ1v) is 14.5. The number of methoxy groups -OCH3 is 1. The fraction of sp³-hybridized carbons (Fsp3) is 0.0256. The summed E-state index contributed by atoms with van der Waals surface area (Å²) in [6.45, 7) is 0. The second-order valence-corrected chi connectivity index (χ2v) is 10.4. The quantitative estimate of drug-likeness (QED) is 0.140. The molecule has 0 spiro atoms. The molecule has 3 aromatic heterocycles. The zero-order chi connectivity index (χ0) is 30.6. The van der Waals surface area contributed by atoms with E-state index < -0.39 is 0 Å². The van der Waals surface area contributed by atoms with E-state index in [-0.39, 0.29) is 5.78 Å². The third-order valence-electron chi connectivity index (χ3n) is 7.39. The zero-order valence-electron chi connectivity index (χ0n) is 24.4. The molecular weight excluding hydrogens is 560 g/mol. The van der Waals surface area contributed by atoms with Crippen molar-refractivity contribution in [2.24, 2.45) is 0 Å². The predicted octanol–water partition coefficient (Wildman–Crippen LogP) is 8.59. The van der Waals surface area contributed by atoms with Crippen LogP contribution in [0.4, 0.5) is 0 Å². The molecule has 0 amide bonds. The molecule has 0 saturated carbocycles. The number of allylic oxidation sites excluding steroid dienone is 6. The normalized spacial score (nSPS) is 16.2. The van der Waals surface area contributed by atoms with Crippen molar-refractivity contribution in [2.45, 2.75) is 0 Å². The number of hydrogen-bond donors (Lipinski definition) is 0. The summed E-state index contributed by atoms with van der Waals surface area (Å²) in [5.41, 5.74) is 5.76. The van der Waals surface area contributed by atoms with Gasteiger partial charge in [-0.05, 0) is 71.8 Å². The lowest BCUT2D eigenvalue weighted by molar-refractivity contribution is -0.113. The molecule has 0 unspecified atom stereocenters. The van der Waals surface area contributed by atoms with Crippen molar-refractivity contribution in [3.05, 3.63) is 179 Å². The Morgan fingerprint density at radius 1 is 0.689 bits per heavy atom. The van der Waals surface area contributed by atoms with Crippen LogP contribution >= 0.6 is 0 Å². The van der Waals surface area contributed by atoms with E-state index in [1.54, 1.807) is 19.5 Å². The van der Waals surface area contributed by atoms with Gasteiger partial charge in [0.05, 0.1) is 36.0 Å². The summed E-state index contributed by atoms with van der Waals surface area (Å²) in [6.07, 6.45) is 10.9.